The van der Waals surface area contributed by atoms with E-state index < -0.39 is 0 Å². The van der Waals surface area contributed by atoms with Gasteiger partial charge in [-0.2, -0.15) is 0 Å². The largest absolute Gasteiger partial charge is 0.207 e. The molecule has 0 heterocycles. The van der Waals surface area contributed by atoms with Crippen LogP contribution >= 0.6 is 27.5 Å². The van der Waals surface area contributed by atoms with Gasteiger partial charge in [-0.1, -0.05) is 46.6 Å². The third kappa shape index (κ3) is 3.32. The van der Waals surface area contributed by atoms with Gasteiger partial charge < -0.3 is 0 Å². The van der Waals surface area contributed by atoms with Crippen LogP contribution in [-0.4, -0.2) is 5.33 Å². The second kappa shape index (κ2) is 5.13. The fourth-order valence-electron chi connectivity index (χ4n) is 1.27. The Labute approximate surface area is 103 Å². The van der Waals surface area contributed by atoms with E-state index in [0.717, 1.165) is 17.3 Å². The maximum atomic E-state index is 12.8. The van der Waals surface area contributed by atoms with Crippen molar-refractivity contribution in [2.75, 3.05) is 5.33 Å². The van der Waals surface area contributed by atoms with Gasteiger partial charge in [0.15, 0.2) is 0 Å². The van der Waals surface area contributed by atoms with E-state index in [2.05, 4.69) is 29.4 Å². The molecule has 0 aliphatic rings. The van der Waals surface area contributed by atoms with Gasteiger partial charge in [0.05, 0.1) is 0 Å². The van der Waals surface area contributed by atoms with Crippen molar-refractivity contribution >= 4 is 27.5 Å². The molecule has 0 saturated heterocycles. The van der Waals surface area contributed by atoms with Crippen LogP contribution in [0, 0.1) is 11.2 Å². The Morgan fingerprint density at radius 1 is 1.60 bits per heavy atom. The average molecular weight is 292 g/mol. The van der Waals surface area contributed by atoms with Crippen LogP contribution < -0.4 is 0 Å². The number of hydrogen-bond donors (Lipinski definition) is 0. The molecule has 1 unspecified atom stereocenters. The van der Waals surface area contributed by atoms with Gasteiger partial charge in [0.1, 0.15) is 5.82 Å². The van der Waals surface area contributed by atoms with Crippen LogP contribution in [0.2, 0.25) is 5.02 Å². The summed E-state index contributed by atoms with van der Waals surface area (Å²) in [5, 5.41) is 1.28. The first-order valence-corrected chi connectivity index (χ1v) is 6.14. The van der Waals surface area contributed by atoms with Crippen LogP contribution in [0.15, 0.2) is 30.9 Å². The Balaban J connectivity index is 2.94. The summed E-state index contributed by atoms with van der Waals surface area (Å²) in [6.45, 7) is 5.88. The van der Waals surface area contributed by atoms with Gasteiger partial charge in [0.25, 0.3) is 0 Å². The first-order valence-electron chi connectivity index (χ1n) is 4.64. The van der Waals surface area contributed by atoms with Gasteiger partial charge in [0.2, 0.25) is 0 Å². The van der Waals surface area contributed by atoms with Crippen molar-refractivity contribution in [2.24, 2.45) is 5.41 Å². The lowest BCUT2D eigenvalue weighted by Gasteiger charge is -2.23. The second-order valence-corrected chi connectivity index (χ2v) is 4.87. The van der Waals surface area contributed by atoms with Crippen LogP contribution in [-0.2, 0) is 6.42 Å². The lowest BCUT2D eigenvalue weighted by Crippen LogP contribution is -2.18. The topological polar surface area (TPSA) is 0 Å². The zero-order chi connectivity index (χ0) is 11.5. The van der Waals surface area contributed by atoms with Gasteiger partial charge in [0, 0.05) is 10.4 Å². The highest BCUT2D eigenvalue weighted by Gasteiger charge is 2.20. The molecule has 1 atom stereocenters. The first kappa shape index (κ1) is 12.7. The summed E-state index contributed by atoms with van der Waals surface area (Å²) in [5.41, 5.74) is 0.890. The van der Waals surface area contributed by atoms with Crippen molar-refractivity contribution in [3.05, 3.63) is 47.3 Å². The molecule has 1 aromatic carbocycles. The molecule has 1 aromatic rings. The number of alkyl halides is 1. The molecule has 0 nitrogen and oxygen atoms in total. The van der Waals surface area contributed by atoms with Crippen LogP contribution in [0.4, 0.5) is 4.39 Å². The predicted octanol–water partition coefficient (Wildman–Crippen LogP) is 4.61. The summed E-state index contributed by atoms with van der Waals surface area (Å²) < 4.78 is 12.8. The molecule has 0 amide bonds. The van der Waals surface area contributed by atoms with E-state index in [9.17, 15) is 4.39 Å². The van der Waals surface area contributed by atoms with Crippen molar-refractivity contribution in [3.8, 4) is 0 Å². The van der Waals surface area contributed by atoms with Crippen molar-refractivity contribution < 1.29 is 4.39 Å². The highest BCUT2D eigenvalue weighted by molar-refractivity contribution is 9.09. The summed E-state index contributed by atoms with van der Waals surface area (Å²) in [5.74, 6) is -0.303. The van der Waals surface area contributed by atoms with Gasteiger partial charge in [-0.15, -0.1) is 6.58 Å². The zero-order valence-corrected chi connectivity index (χ0v) is 10.9. The summed E-state index contributed by atoms with van der Waals surface area (Å²) in [6.07, 6.45) is 2.64. The van der Waals surface area contributed by atoms with Gasteiger partial charge in [-0.05, 0) is 29.5 Å². The van der Waals surface area contributed by atoms with Crippen LogP contribution in [0.25, 0.3) is 0 Å². The van der Waals surface area contributed by atoms with Crippen LogP contribution in [0.1, 0.15) is 12.5 Å². The molecule has 3 heteroatoms. The van der Waals surface area contributed by atoms with E-state index >= 15 is 0 Å². The standard InChI is InChI=1S/C12H13BrClF/c1-3-12(2,8-13)7-9-4-5-10(15)6-11(9)14/h3-6H,1,7-8H2,2H3. The number of rotatable bonds is 4. The molecule has 15 heavy (non-hydrogen) atoms. The molecule has 1 rings (SSSR count). The molecule has 82 valence electrons. The molecule has 0 aliphatic carbocycles. The van der Waals surface area contributed by atoms with Crippen molar-refractivity contribution in [3.63, 3.8) is 0 Å². The van der Waals surface area contributed by atoms with E-state index in [-0.39, 0.29) is 11.2 Å². The minimum Gasteiger partial charge on any atom is -0.207 e. The molecule has 0 saturated carbocycles. The average Bonchev–Trinajstić information content (AvgIpc) is 2.22. The van der Waals surface area contributed by atoms with E-state index in [1.54, 1.807) is 6.07 Å². The lowest BCUT2D eigenvalue weighted by atomic mass is 9.86. The molecule has 0 aromatic heterocycles. The fourth-order valence-corrected chi connectivity index (χ4v) is 1.94. The Kier molecular flexibility index (Phi) is 4.35. The number of hydrogen-bond acceptors (Lipinski definition) is 0. The lowest BCUT2D eigenvalue weighted by molar-refractivity contribution is 0.493. The maximum absolute atomic E-state index is 12.8. The Hall–Kier alpha value is -0.340. The van der Waals surface area contributed by atoms with Crippen molar-refractivity contribution in [1.29, 1.82) is 0 Å². The Morgan fingerprint density at radius 3 is 2.73 bits per heavy atom. The fraction of sp³-hybridized carbons (Fsp3) is 0.333. The van der Waals surface area contributed by atoms with Gasteiger partial charge in [-0.25, -0.2) is 4.39 Å². The SMILES string of the molecule is C=CC(C)(CBr)Cc1ccc(F)cc1Cl. The Bertz CT molecular complexity index is 365. The first-order chi connectivity index (χ1) is 7.00. The highest BCUT2D eigenvalue weighted by Crippen LogP contribution is 2.29. The molecule has 0 fully saturated rings. The van der Waals surface area contributed by atoms with E-state index in [4.69, 9.17) is 11.6 Å². The molecule has 0 aliphatic heterocycles. The quantitative estimate of drug-likeness (QED) is 0.561. The number of allylic oxidation sites excluding steroid dienone is 1. The van der Waals surface area contributed by atoms with E-state index in [1.807, 2.05) is 6.08 Å². The minimum atomic E-state index is -0.303. The van der Waals surface area contributed by atoms with Gasteiger partial charge in [-0.3, -0.25) is 0 Å². The molecule has 0 radical (unpaired) electrons. The van der Waals surface area contributed by atoms with Crippen LogP contribution in [0.3, 0.4) is 0 Å². The second-order valence-electron chi connectivity index (χ2n) is 3.90. The number of benzene rings is 1. The molecule has 0 N–H and O–H groups in total. The summed E-state index contributed by atoms with van der Waals surface area (Å²) in [4.78, 5) is 0. The normalized spacial score (nSPS) is 14.7. The van der Waals surface area contributed by atoms with E-state index in [0.29, 0.717) is 5.02 Å². The Morgan fingerprint density at radius 2 is 2.27 bits per heavy atom. The number of halogens is 3. The smallest absolute Gasteiger partial charge is 0.124 e. The molecule has 0 spiro atoms. The zero-order valence-electron chi connectivity index (χ0n) is 8.56. The van der Waals surface area contributed by atoms with Crippen molar-refractivity contribution in [1.82, 2.24) is 0 Å². The predicted molar refractivity (Wildman–Crippen MR) is 67.2 cm³/mol. The van der Waals surface area contributed by atoms with E-state index in [1.165, 1.54) is 12.1 Å². The van der Waals surface area contributed by atoms with Crippen molar-refractivity contribution in [2.45, 2.75) is 13.3 Å². The monoisotopic (exact) mass is 290 g/mol. The molecule has 0 bridgehead atoms. The minimum absolute atomic E-state index is 0.0541. The third-order valence-corrected chi connectivity index (χ3v) is 4.04. The molecular weight excluding hydrogens is 278 g/mol. The molecular formula is C12H13BrClF. The summed E-state index contributed by atoms with van der Waals surface area (Å²) >= 11 is 9.40. The van der Waals surface area contributed by atoms with Gasteiger partial charge >= 0.3 is 0 Å². The summed E-state index contributed by atoms with van der Waals surface area (Å²) in [7, 11) is 0. The maximum Gasteiger partial charge on any atom is 0.124 e. The third-order valence-electron chi connectivity index (χ3n) is 2.41. The summed E-state index contributed by atoms with van der Waals surface area (Å²) in [6, 6.07) is 4.50. The highest BCUT2D eigenvalue weighted by atomic mass is 79.9. The van der Waals surface area contributed by atoms with Crippen LogP contribution in [0.5, 0.6) is 0 Å².